The number of hydrogen-bond donors (Lipinski definition) is 1. The lowest BCUT2D eigenvalue weighted by Crippen LogP contribution is -2.05. The van der Waals surface area contributed by atoms with E-state index in [2.05, 4.69) is 21.0 Å². The number of carbonyl (C=O) groups is 1. The van der Waals surface area contributed by atoms with Crippen LogP contribution in [0.2, 0.25) is 0 Å². The summed E-state index contributed by atoms with van der Waals surface area (Å²) in [5.74, 6) is -0.690. The summed E-state index contributed by atoms with van der Waals surface area (Å²) < 4.78 is 2.00. The molecule has 1 rings (SSSR count). The first-order chi connectivity index (χ1) is 6.49. The molecule has 0 saturated heterocycles. The molecule has 1 aromatic heterocycles. The molecule has 0 aliphatic heterocycles. The fraction of sp³-hybridized carbons (Fsp3) is 0.556. The lowest BCUT2D eigenvalue weighted by atomic mass is 10.1. The highest BCUT2D eigenvalue weighted by Crippen LogP contribution is 2.28. The number of carboxylic acids is 1. The summed E-state index contributed by atoms with van der Waals surface area (Å²) in [5.41, 5.74) is 1.02. The monoisotopic (exact) mass is 260 g/mol. The molecule has 0 aliphatic carbocycles. The van der Waals surface area contributed by atoms with E-state index in [1.54, 1.807) is 7.05 Å². The van der Waals surface area contributed by atoms with Crippen molar-refractivity contribution in [2.24, 2.45) is 7.05 Å². The zero-order valence-electron chi connectivity index (χ0n) is 8.41. The fourth-order valence-electron chi connectivity index (χ4n) is 1.26. The minimum absolute atomic E-state index is 0.209. The van der Waals surface area contributed by atoms with Crippen LogP contribution in [0.5, 0.6) is 0 Å². The highest BCUT2D eigenvalue weighted by molar-refractivity contribution is 9.10. The van der Waals surface area contributed by atoms with Crippen molar-refractivity contribution in [3.05, 3.63) is 15.9 Å². The van der Waals surface area contributed by atoms with Gasteiger partial charge < -0.3 is 5.11 Å². The van der Waals surface area contributed by atoms with Gasteiger partial charge in [-0.3, -0.25) is 4.68 Å². The van der Waals surface area contributed by atoms with E-state index < -0.39 is 5.97 Å². The molecule has 1 heterocycles. The highest BCUT2D eigenvalue weighted by atomic mass is 79.9. The van der Waals surface area contributed by atoms with Gasteiger partial charge in [-0.15, -0.1) is 0 Å². The maximum Gasteiger partial charge on any atom is 0.355 e. The van der Waals surface area contributed by atoms with Gasteiger partial charge in [0, 0.05) is 13.0 Å². The summed E-state index contributed by atoms with van der Waals surface area (Å²) in [5, 5.41) is 13.1. The predicted molar refractivity (Wildman–Crippen MR) is 56.6 cm³/mol. The Morgan fingerprint density at radius 2 is 2.29 bits per heavy atom. The summed E-state index contributed by atoms with van der Waals surface area (Å²) in [4.78, 5) is 10.9. The molecular weight excluding hydrogens is 248 g/mol. The second kappa shape index (κ2) is 4.13. The molecule has 5 heteroatoms. The van der Waals surface area contributed by atoms with E-state index in [1.165, 1.54) is 4.68 Å². The fourth-order valence-corrected chi connectivity index (χ4v) is 2.16. The Morgan fingerprint density at radius 1 is 1.71 bits per heavy atom. The number of aromatic carboxylic acids is 1. The van der Waals surface area contributed by atoms with Gasteiger partial charge >= 0.3 is 5.97 Å². The Kier molecular flexibility index (Phi) is 3.31. The Hall–Kier alpha value is -0.840. The van der Waals surface area contributed by atoms with Gasteiger partial charge in [-0.25, -0.2) is 4.79 Å². The third kappa shape index (κ3) is 1.82. The Labute approximate surface area is 91.1 Å². The van der Waals surface area contributed by atoms with Crippen molar-refractivity contribution in [3.63, 3.8) is 0 Å². The molecule has 78 valence electrons. The molecular formula is C9H13BrN2O2. The minimum Gasteiger partial charge on any atom is -0.476 e. The number of carboxylic acid groups (broad SMARTS) is 1. The van der Waals surface area contributed by atoms with E-state index in [1.807, 2.05) is 13.8 Å². The van der Waals surface area contributed by atoms with Gasteiger partial charge in [-0.2, -0.15) is 5.10 Å². The largest absolute Gasteiger partial charge is 0.476 e. The van der Waals surface area contributed by atoms with Gasteiger partial charge in [0.05, 0.1) is 10.2 Å². The van der Waals surface area contributed by atoms with Crippen molar-refractivity contribution in [1.82, 2.24) is 9.78 Å². The first-order valence-corrected chi connectivity index (χ1v) is 5.24. The normalized spacial score (nSPS) is 12.9. The van der Waals surface area contributed by atoms with E-state index in [9.17, 15) is 4.79 Å². The van der Waals surface area contributed by atoms with Crippen LogP contribution in [0, 0.1) is 0 Å². The SMILES string of the molecule is CCC(C)c1nn(C)c(C(=O)O)c1Br. The standard InChI is InChI=1S/C9H13BrN2O2/c1-4-5(2)7-6(10)8(9(13)14)12(3)11-7/h5H,4H2,1-3H3,(H,13,14). The highest BCUT2D eigenvalue weighted by Gasteiger charge is 2.21. The smallest absolute Gasteiger partial charge is 0.355 e. The summed E-state index contributed by atoms with van der Waals surface area (Å²) >= 11 is 3.28. The number of rotatable bonds is 3. The van der Waals surface area contributed by atoms with E-state index in [0.29, 0.717) is 4.47 Å². The molecule has 14 heavy (non-hydrogen) atoms. The molecule has 0 saturated carbocycles. The summed E-state index contributed by atoms with van der Waals surface area (Å²) in [6.07, 6.45) is 0.939. The molecule has 0 aromatic carbocycles. The molecule has 1 aromatic rings. The predicted octanol–water partition coefficient (Wildman–Crippen LogP) is 2.39. The molecule has 1 unspecified atom stereocenters. The van der Waals surface area contributed by atoms with Gasteiger partial charge in [0.15, 0.2) is 5.69 Å². The number of hydrogen-bond acceptors (Lipinski definition) is 2. The van der Waals surface area contributed by atoms with Gasteiger partial charge in [0.25, 0.3) is 0 Å². The zero-order chi connectivity index (χ0) is 10.9. The second-order valence-electron chi connectivity index (χ2n) is 3.29. The molecule has 1 N–H and O–H groups in total. The summed E-state index contributed by atoms with van der Waals surface area (Å²) in [6.45, 7) is 4.07. The van der Waals surface area contributed by atoms with Crippen LogP contribution in [0.1, 0.15) is 42.4 Å². The Bertz CT molecular complexity index is 360. The molecule has 0 aliphatic rings. The first-order valence-electron chi connectivity index (χ1n) is 4.44. The quantitative estimate of drug-likeness (QED) is 0.908. The number of halogens is 1. The second-order valence-corrected chi connectivity index (χ2v) is 4.08. The van der Waals surface area contributed by atoms with Crippen LogP contribution in [0.25, 0.3) is 0 Å². The third-order valence-electron chi connectivity index (χ3n) is 2.30. The third-order valence-corrected chi connectivity index (χ3v) is 3.08. The van der Waals surface area contributed by atoms with Crippen LogP contribution in [0.3, 0.4) is 0 Å². The Balaban J connectivity index is 3.23. The Morgan fingerprint density at radius 3 is 2.64 bits per heavy atom. The number of aryl methyl sites for hydroxylation is 1. The number of aromatic nitrogens is 2. The topological polar surface area (TPSA) is 55.1 Å². The molecule has 0 fully saturated rings. The molecule has 1 atom stereocenters. The van der Waals surface area contributed by atoms with Gasteiger partial charge in [0.2, 0.25) is 0 Å². The minimum atomic E-state index is -0.957. The van der Waals surface area contributed by atoms with Crippen molar-refractivity contribution < 1.29 is 9.90 Å². The molecule has 0 spiro atoms. The van der Waals surface area contributed by atoms with E-state index in [4.69, 9.17) is 5.11 Å². The lowest BCUT2D eigenvalue weighted by Gasteiger charge is -2.03. The van der Waals surface area contributed by atoms with Gasteiger partial charge in [-0.1, -0.05) is 13.8 Å². The first kappa shape index (κ1) is 11.2. The zero-order valence-corrected chi connectivity index (χ0v) is 10.00. The van der Waals surface area contributed by atoms with E-state index in [-0.39, 0.29) is 11.6 Å². The lowest BCUT2D eigenvalue weighted by molar-refractivity contribution is 0.0684. The maximum absolute atomic E-state index is 10.9. The van der Waals surface area contributed by atoms with Crippen molar-refractivity contribution >= 4 is 21.9 Å². The summed E-state index contributed by atoms with van der Waals surface area (Å²) in [6, 6.07) is 0. The van der Waals surface area contributed by atoms with Gasteiger partial charge in [0.1, 0.15) is 0 Å². The van der Waals surface area contributed by atoms with Crippen LogP contribution in [0.4, 0.5) is 0 Å². The van der Waals surface area contributed by atoms with Crippen LogP contribution >= 0.6 is 15.9 Å². The van der Waals surface area contributed by atoms with Crippen LogP contribution in [0.15, 0.2) is 4.47 Å². The van der Waals surface area contributed by atoms with E-state index >= 15 is 0 Å². The molecule has 0 amide bonds. The maximum atomic E-state index is 10.9. The van der Waals surface area contributed by atoms with Crippen molar-refractivity contribution in [2.75, 3.05) is 0 Å². The molecule has 0 radical (unpaired) electrons. The van der Waals surface area contributed by atoms with E-state index in [0.717, 1.165) is 12.1 Å². The van der Waals surface area contributed by atoms with Gasteiger partial charge in [-0.05, 0) is 22.4 Å². The average molecular weight is 261 g/mol. The summed E-state index contributed by atoms with van der Waals surface area (Å²) in [7, 11) is 1.64. The van der Waals surface area contributed by atoms with Crippen molar-refractivity contribution in [1.29, 1.82) is 0 Å². The molecule has 4 nitrogen and oxygen atoms in total. The van der Waals surface area contributed by atoms with Crippen LogP contribution < -0.4 is 0 Å². The molecule has 0 bridgehead atoms. The number of nitrogens with zero attached hydrogens (tertiary/aromatic N) is 2. The van der Waals surface area contributed by atoms with Crippen molar-refractivity contribution in [3.8, 4) is 0 Å². The average Bonchev–Trinajstić information content (AvgIpc) is 2.40. The van der Waals surface area contributed by atoms with Crippen LogP contribution in [-0.4, -0.2) is 20.9 Å². The van der Waals surface area contributed by atoms with Crippen molar-refractivity contribution in [2.45, 2.75) is 26.2 Å². The van der Waals surface area contributed by atoms with Crippen LogP contribution in [-0.2, 0) is 7.05 Å².